The summed E-state index contributed by atoms with van der Waals surface area (Å²) in [5.74, 6) is 1.86. The predicted octanol–water partition coefficient (Wildman–Crippen LogP) is 3.09. The van der Waals surface area contributed by atoms with Gasteiger partial charge in [-0.05, 0) is 6.92 Å². The Labute approximate surface area is 122 Å². The van der Waals surface area contributed by atoms with E-state index < -0.39 is 0 Å². The van der Waals surface area contributed by atoms with Gasteiger partial charge in [-0.2, -0.15) is 0 Å². The molecule has 1 aromatic heterocycles. The minimum absolute atomic E-state index is 0.592. The molecule has 0 aliphatic heterocycles. The molecule has 0 fully saturated rings. The number of nitrogens with zero attached hydrogens (tertiary/aromatic N) is 1. The first-order valence-corrected chi connectivity index (χ1v) is 7.00. The van der Waals surface area contributed by atoms with Gasteiger partial charge in [-0.1, -0.05) is 0 Å². The van der Waals surface area contributed by atoms with Gasteiger partial charge in [0.15, 0.2) is 11.5 Å². The Bertz CT molecular complexity index is 559. The standard InChI is InChI=1S/C14H18N2O3S/c1-9-13(20-8-16-9)7-15-10-5-11(17-2)14(19-4)12(6-10)18-3/h5-6,8,15H,7H2,1-4H3. The zero-order valence-electron chi connectivity index (χ0n) is 12.0. The average molecular weight is 294 g/mol. The molecule has 0 unspecified atom stereocenters. The van der Waals surface area contributed by atoms with Crippen molar-refractivity contribution in [3.8, 4) is 17.2 Å². The van der Waals surface area contributed by atoms with Gasteiger partial charge in [0.25, 0.3) is 0 Å². The molecule has 0 aliphatic rings. The minimum atomic E-state index is 0.592. The van der Waals surface area contributed by atoms with Gasteiger partial charge in [-0.15, -0.1) is 11.3 Å². The summed E-state index contributed by atoms with van der Waals surface area (Å²) < 4.78 is 15.9. The number of rotatable bonds is 6. The molecule has 0 spiro atoms. The van der Waals surface area contributed by atoms with Crippen LogP contribution >= 0.6 is 11.3 Å². The quantitative estimate of drug-likeness (QED) is 0.887. The van der Waals surface area contributed by atoms with Gasteiger partial charge >= 0.3 is 0 Å². The number of ether oxygens (including phenoxy) is 3. The van der Waals surface area contributed by atoms with E-state index in [-0.39, 0.29) is 0 Å². The molecule has 0 saturated carbocycles. The van der Waals surface area contributed by atoms with Crippen LogP contribution in [0.5, 0.6) is 17.2 Å². The molecular weight excluding hydrogens is 276 g/mol. The van der Waals surface area contributed by atoms with Crippen LogP contribution in [0.1, 0.15) is 10.6 Å². The first-order valence-electron chi connectivity index (χ1n) is 6.12. The van der Waals surface area contributed by atoms with Crippen molar-refractivity contribution < 1.29 is 14.2 Å². The van der Waals surface area contributed by atoms with Crippen molar-refractivity contribution in [3.63, 3.8) is 0 Å². The monoisotopic (exact) mass is 294 g/mol. The molecule has 0 atom stereocenters. The molecule has 1 aromatic carbocycles. The smallest absolute Gasteiger partial charge is 0.203 e. The average Bonchev–Trinajstić information content (AvgIpc) is 2.89. The number of benzene rings is 1. The van der Waals surface area contributed by atoms with Crippen LogP contribution < -0.4 is 19.5 Å². The minimum Gasteiger partial charge on any atom is -0.493 e. The lowest BCUT2D eigenvalue weighted by Crippen LogP contribution is -2.01. The molecule has 108 valence electrons. The molecule has 0 aliphatic carbocycles. The van der Waals surface area contributed by atoms with E-state index in [0.29, 0.717) is 17.2 Å². The molecule has 0 saturated heterocycles. The second kappa shape index (κ2) is 6.47. The van der Waals surface area contributed by atoms with Crippen molar-refractivity contribution in [2.24, 2.45) is 0 Å². The maximum atomic E-state index is 5.33. The van der Waals surface area contributed by atoms with Crippen LogP contribution in [0.4, 0.5) is 5.69 Å². The van der Waals surface area contributed by atoms with Crippen LogP contribution in [0.3, 0.4) is 0 Å². The number of hydrogen-bond acceptors (Lipinski definition) is 6. The molecule has 0 radical (unpaired) electrons. The zero-order valence-corrected chi connectivity index (χ0v) is 12.8. The Morgan fingerprint density at radius 3 is 2.20 bits per heavy atom. The Kier molecular flexibility index (Phi) is 4.68. The van der Waals surface area contributed by atoms with Crippen molar-refractivity contribution in [2.45, 2.75) is 13.5 Å². The normalized spacial score (nSPS) is 10.2. The van der Waals surface area contributed by atoms with Crippen LogP contribution in [0.2, 0.25) is 0 Å². The summed E-state index contributed by atoms with van der Waals surface area (Å²) in [7, 11) is 4.80. The summed E-state index contributed by atoms with van der Waals surface area (Å²) in [5.41, 5.74) is 3.81. The van der Waals surface area contributed by atoms with Gasteiger partial charge in [-0.25, -0.2) is 4.98 Å². The molecule has 2 aromatic rings. The van der Waals surface area contributed by atoms with E-state index >= 15 is 0 Å². The maximum Gasteiger partial charge on any atom is 0.203 e. The highest BCUT2D eigenvalue weighted by Gasteiger charge is 2.13. The number of thiazole rings is 1. The molecule has 2 rings (SSSR count). The number of anilines is 1. The third kappa shape index (κ3) is 2.96. The Balaban J connectivity index is 2.21. The first-order chi connectivity index (χ1) is 9.69. The second-order valence-corrected chi connectivity index (χ2v) is 5.07. The molecule has 6 heteroatoms. The van der Waals surface area contributed by atoms with Gasteiger partial charge in [0.2, 0.25) is 5.75 Å². The highest BCUT2D eigenvalue weighted by atomic mass is 32.1. The molecular formula is C14H18N2O3S. The molecule has 1 heterocycles. The van der Waals surface area contributed by atoms with Crippen LogP contribution in [0.15, 0.2) is 17.6 Å². The number of aromatic nitrogens is 1. The maximum absolute atomic E-state index is 5.33. The van der Waals surface area contributed by atoms with Gasteiger partial charge < -0.3 is 19.5 Å². The molecule has 1 N–H and O–H groups in total. The van der Waals surface area contributed by atoms with Gasteiger partial charge in [-0.3, -0.25) is 0 Å². The summed E-state index contributed by atoms with van der Waals surface area (Å²) in [6, 6.07) is 3.77. The van der Waals surface area contributed by atoms with Crippen LogP contribution in [-0.2, 0) is 6.54 Å². The SMILES string of the molecule is COc1cc(NCc2scnc2C)cc(OC)c1OC. The lowest BCUT2D eigenvalue weighted by atomic mass is 10.2. The summed E-state index contributed by atoms with van der Waals surface area (Å²) in [5, 5.41) is 3.34. The van der Waals surface area contributed by atoms with Crippen LogP contribution in [0, 0.1) is 6.92 Å². The van der Waals surface area contributed by atoms with Crippen molar-refractivity contribution in [2.75, 3.05) is 26.6 Å². The molecule has 5 nitrogen and oxygen atoms in total. The second-order valence-electron chi connectivity index (χ2n) is 4.13. The summed E-state index contributed by atoms with van der Waals surface area (Å²) >= 11 is 1.64. The number of hydrogen-bond donors (Lipinski definition) is 1. The van der Waals surface area contributed by atoms with E-state index in [0.717, 1.165) is 17.9 Å². The number of aryl methyl sites for hydroxylation is 1. The first kappa shape index (κ1) is 14.5. The Morgan fingerprint density at radius 1 is 1.10 bits per heavy atom. The van der Waals surface area contributed by atoms with Crippen molar-refractivity contribution >= 4 is 17.0 Å². The van der Waals surface area contributed by atoms with Crippen LogP contribution in [-0.4, -0.2) is 26.3 Å². The van der Waals surface area contributed by atoms with Crippen LogP contribution in [0.25, 0.3) is 0 Å². The van der Waals surface area contributed by atoms with Gasteiger partial charge in [0.05, 0.1) is 39.1 Å². The van der Waals surface area contributed by atoms with E-state index in [9.17, 15) is 0 Å². The highest BCUT2D eigenvalue weighted by molar-refractivity contribution is 7.09. The third-order valence-corrected chi connectivity index (χ3v) is 3.90. The molecule has 0 bridgehead atoms. The largest absolute Gasteiger partial charge is 0.493 e. The topological polar surface area (TPSA) is 52.6 Å². The Hall–Kier alpha value is -1.95. The van der Waals surface area contributed by atoms with Crippen molar-refractivity contribution in [1.29, 1.82) is 0 Å². The number of methoxy groups -OCH3 is 3. The van der Waals surface area contributed by atoms with E-state index in [1.54, 1.807) is 32.7 Å². The summed E-state index contributed by atoms with van der Waals surface area (Å²) in [6.45, 7) is 2.72. The highest BCUT2D eigenvalue weighted by Crippen LogP contribution is 2.40. The lowest BCUT2D eigenvalue weighted by Gasteiger charge is -2.15. The lowest BCUT2D eigenvalue weighted by molar-refractivity contribution is 0.324. The fourth-order valence-corrected chi connectivity index (χ4v) is 2.58. The number of nitrogens with one attached hydrogen (secondary N) is 1. The summed E-state index contributed by atoms with van der Waals surface area (Å²) in [6.07, 6.45) is 0. The van der Waals surface area contributed by atoms with E-state index in [1.807, 2.05) is 24.6 Å². The predicted molar refractivity (Wildman–Crippen MR) is 80.3 cm³/mol. The fraction of sp³-hybridized carbons (Fsp3) is 0.357. The van der Waals surface area contributed by atoms with E-state index in [2.05, 4.69) is 10.3 Å². The summed E-state index contributed by atoms with van der Waals surface area (Å²) in [4.78, 5) is 5.44. The molecule has 20 heavy (non-hydrogen) atoms. The van der Waals surface area contributed by atoms with Crippen molar-refractivity contribution in [3.05, 3.63) is 28.2 Å². The van der Waals surface area contributed by atoms with Crippen molar-refractivity contribution in [1.82, 2.24) is 4.98 Å². The van der Waals surface area contributed by atoms with Gasteiger partial charge in [0.1, 0.15) is 0 Å². The molecule has 0 amide bonds. The fourth-order valence-electron chi connectivity index (χ4n) is 1.86. The van der Waals surface area contributed by atoms with Gasteiger partial charge in [0, 0.05) is 22.7 Å². The zero-order chi connectivity index (χ0) is 14.5. The van der Waals surface area contributed by atoms with E-state index in [4.69, 9.17) is 14.2 Å². The van der Waals surface area contributed by atoms with E-state index in [1.165, 1.54) is 4.88 Å². The Morgan fingerprint density at radius 2 is 1.75 bits per heavy atom. The third-order valence-electron chi connectivity index (χ3n) is 2.96.